The van der Waals surface area contributed by atoms with Crippen molar-refractivity contribution in [3.05, 3.63) is 124 Å². The molecule has 1 heteroatoms. The summed E-state index contributed by atoms with van der Waals surface area (Å²) in [5.74, 6) is 5.51. The summed E-state index contributed by atoms with van der Waals surface area (Å²) in [4.78, 5) is 14.0. The van der Waals surface area contributed by atoms with Crippen LogP contribution in [0, 0.1) is 35.5 Å². The lowest BCUT2D eigenvalue weighted by molar-refractivity contribution is -0.122. The molecule has 0 aliphatic heterocycles. The number of rotatable bonds is 11. The van der Waals surface area contributed by atoms with Crippen molar-refractivity contribution < 1.29 is 4.79 Å². The summed E-state index contributed by atoms with van der Waals surface area (Å²) in [6.45, 7) is 6.95. The molecule has 0 radical (unpaired) electrons. The van der Waals surface area contributed by atoms with Crippen LogP contribution in [0.2, 0.25) is 0 Å². The average Bonchev–Trinajstić information content (AvgIpc) is 3.50. The van der Waals surface area contributed by atoms with E-state index in [4.69, 9.17) is 6.42 Å². The number of benzene rings is 3. The molecular weight excluding hydrogens is 544 g/mol. The third kappa shape index (κ3) is 7.28. The van der Waals surface area contributed by atoms with E-state index in [-0.39, 0.29) is 5.92 Å². The Morgan fingerprint density at radius 2 is 1.69 bits per heavy atom. The molecule has 232 valence electrons. The van der Waals surface area contributed by atoms with Crippen LogP contribution in [0.3, 0.4) is 0 Å². The Morgan fingerprint density at radius 3 is 2.33 bits per heavy atom. The van der Waals surface area contributed by atoms with Crippen LogP contribution in [-0.4, -0.2) is 5.78 Å². The fourth-order valence-electron chi connectivity index (χ4n) is 8.42. The Balaban J connectivity index is 1.14. The number of aryl methyl sites for hydroxylation is 1. The highest BCUT2D eigenvalue weighted by Crippen LogP contribution is 2.53. The number of Topliss-reactive ketones (excluding diaryl/α,β-unsaturated/α-hetero) is 1. The summed E-state index contributed by atoms with van der Waals surface area (Å²) in [5, 5.41) is 0. The van der Waals surface area contributed by atoms with Crippen molar-refractivity contribution in [2.75, 3.05) is 0 Å². The van der Waals surface area contributed by atoms with Crippen molar-refractivity contribution in [2.24, 2.45) is 23.2 Å². The molecule has 2 unspecified atom stereocenters. The Bertz CT molecular complexity index is 1570. The Morgan fingerprint density at radius 1 is 0.956 bits per heavy atom. The van der Waals surface area contributed by atoms with Crippen LogP contribution in [-0.2, 0) is 17.6 Å². The van der Waals surface area contributed by atoms with E-state index in [9.17, 15) is 4.79 Å². The maximum absolute atomic E-state index is 14.0. The smallest absolute Gasteiger partial charge is 0.140 e. The molecule has 0 N–H and O–H groups in total. The second-order valence-electron chi connectivity index (χ2n) is 14.7. The zero-order valence-electron chi connectivity index (χ0n) is 27.6. The summed E-state index contributed by atoms with van der Waals surface area (Å²) < 4.78 is 0. The van der Waals surface area contributed by atoms with Crippen molar-refractivity contribution >= 4 is 11.4 Å². The lowest BCUT2D eigenvalue weighted by Crippen LogP contribution is -2.32. The van der Waals surface area contributed by atoms with Gasteiger partial charge in [0.25, 0.3) is 0 Å². The van der Waals surface area contributed by atoms with Gasteiger partial charge in [-0.3, -0.25) is 4.79 Å². The predicted octanol–water partition coefficient (Wildman–Crippen LogP) is 10.9. The van der Waals surface area contributed by atoms with Gasteiger partial charge >= 0.3 is 0 Å². The van der Waals surface area contributed by atoms with Crippen molar-refractivity contribution in [1.82, 2.24) is 0 Å². The van der Waals surface area contributed by atoms with Gasteiger partial charge in [-0.15, -0.1) is 6.42 Å². The molecule has 45 heavy (non-hydrogen) atoms. The molecule has 3 aromatic carbocycles. The largest absolute Gasteiger partial charge is 0.299 e. The molecule has 0 spiro atoms. The zero-order valence-corrected chi connectivity index (χ0v) is 27.6. The van der Waals surface area contributed by atoms with Crippen molar-refractivity contribution in [1.29, 1.82) is 0 Å². The third-order valence-corrected chi connectivity index (χ3v) is 11.4. The first kappa shape index (κ1) is 31.4. The molecule has 0 bridgehead atoms. The monoisotopic (exact) mass is 594 g/mol. The molecule has 0 aromatic heterocycles. The van der Waals surface area contributed by atoms with E-state index < -0.39 is 0 Å². The molecule has 0 heterocycles. The maximum Gasteiger partial charge on any atom is 0.140 e. The first-order valence-electron chi connectivity index (χ1n) is 17.5. The lowest BCUT2D eigenvalue weighted by atomic mass is 9.59. The summed E-state index contributed by atoms with van der Waals surface area (Å²) in [6.07, 6.45) is 23.6. The molecule has 6 rings (SSSR count). The number of allylic oxidation sites excluding steroid dienone is 4. The molecule has 3 aliphatic carbocycles. The molecule has 2 saturated carbocycles. The number of carbonyl (C=O) groups is 1. The van der Waals surface area contributed by atoms with E-state index in [1.807, 2.05) is 6.07 Å². The fourth-order valence-corrected chi connectivity index (χ4v) is 8.42. The van der Waals surface area contributed by atoms with E-state index in [1.54, 1.807) is 0 Å². The van der Waals surface area contributed by atoms with Crippen LogP contribution >= 0.6 is 0 Å². The van der Waals surface area contributed by atoms with Gasteiger partial charge in [-0.05, 0) is 120 Å². The highest BCUT2D eigenvalue weighted by molar-refractivity contribution is 5.86. The standard InChI is InChI=1S/C44H50O/c1-5-35-18-15-34(28-41(35)40-29-44(4,6-2)30-40)27-33-13-19-37(20-14-33)43(42(45)25-16-32-10-8-7-9-11-32)38-23-21-36(22-24-38)39-17-12-31(3)26-39/h1,7-12,15,17-18,21-24,26,28,31,33,37,40,43H,6,13-14,16,19-20,25,27,29-30H2,2-4H3. The fraction of sp³-hybridized carbons (Fsp3) is 0.432. The van der Waals surface area contributed by atoms with Gasteiger partial charge in [-0.2, -0.15) is 0 Å². The number of hydrogen-bond acceptors (Lipinski definition) is 1. The summed E-state index contributed by atoms with van der Waals surface area (Å²) in [7, 11) is 0. The minimum absolute atomic E-state index is 0.0243. The Kier molecular flexibility index (Phi) is 9.61. The number of terminal acetylenes is 1. The third-order valence-electron chi connectivity index (χ3n) is 11.4. The summed E-state index contributed by atoms with van der Waals surface area (Å²) in [6, 6.07) is 26.3. The van der Waals surface area contributed by atoms with Gasteiger partial charge in [0, 0.05) is 17.9 Å². The first-order chi connectivity index (χ1) is 21.8. The van der Waals surface area contributed by atoms with Crippen LogP contribution in [0.5, 0.6) is 0 Å². The minimum atomic E-state index is -0.0243. The van der Waals surface area contributed by atoms with Gasteiger partial charge < -0.3 is 0 Å². The van der Waals surface area contributed by atoms with Gasteiger partial charge in [0.1, 0.15) is 5.78 Å². The van der Waals surface area contributed by atoms with Crippen molar-refractivity contribution in [2.45, 2.75) is 96.8 Å². The normalized spacial score (nSPS) is 26.5. The molecule has 0 saturated heterocycles. The lowest BCUT2D eigenvalue weighted by Gasteiger charge is -2.45. The predicted molar refractivity (Wildman–Crippen MR) is 189 cm³/mol. The topological polar surface area (TPSA) is 17.1 Å². The quantitative estimate of drug-likeness (QED) is 0.202. The number of hydrogen-bond donors (Lipinski definition) is 0. The molecular formula is C44H50O. The minimum Gasteiger partial charge on any atom is -0.299 e. The first-order valence-corrected chi connectivity index (χ1v) is 17.5. The molecule has 2 fully saturated rings. The number of ketones is 1. The van der Waals surface area contributed by atoms with Gasteiger partial charge in [0.05, 0.1) is 0 Å². The van der Waals surface area contributed by atoms with Crippen LogP contribution in [0.4, 0.5) is 0 Å². The maximum atomic E-state index is 14.0. The van der Waals surface area contributed by atoms with Crippen molar-refractivity contribution in [3.63, 3.8) is 0 Å². The van der Waals surface area contributed by atoms with E-state index in [2.05, 4.69) is 112 Å². The molecule has 3 aliphatic rings. The second kappa shape index (κ2) is 13.8. The molecule has 1 nitrogen and oxygen atoms in total. The Hall–Kier alpha value is -3.63. The summed E-state index contributed by atoms with van der Waals surface area (Å²) >= 11 is 0. The highest BCUT2D eigenvalue weighted by Gasteiger charge is 2.40. The average molecular weight is 595 g/mol. The van der Waals surface area contributed by atoms with E-state index in [1.165, 1.54) is 65.5 Å². The Labute approximate surface area is 272 Å². The molecule has 2 atom stereocenters. The van der Waals surface area contributed by atoms with Crippen molar-refractivity contribution in [3.8, 4) is 12.3 Å². The van der Waals surface area contributed by atoms with Crippen LogP contribution in [0.25, 0.3) is 5.57 Å². The van der Waals surface area contributed by atoms with Gasteiger partial charge in [0.15, 0.2) is 0 Å². The van der Waals surface area contributed by atoms with E-state index in [0.717, 1.165) is 31.2 Å². The van der Waals surface area contributed by atoms with Gasteiger partial charge in [0.2, 0.25) is 0 Å². The number of carbonyl (C=O) groups excluding carboxylic acids is 1. The zero-order chi connectivity index (χ0) is 31.4. The van der Waals surface area contributed by atoms with E-state index in [0.29, 0.717) is 41.3 Å². The van der Waals surface area contributed by atoms with Crippen LogP contribution in [0.1, 0.15) is 117 Å². The van der Waals surface area contributed by atoms with E-state index >= 15 is 0 Å². The van der Waals surface area contributed by atoms with Crippen LogP contribution in [0.15, 0.2) is 91.0 Å². The van der Waals surface area contributed by atoms with Gasteiger partial charge in [-0.1, -0.05) is 118 Å². The summed E-state index contributed by atoms with van der Waals surface area (Å²) in [5.41, 5.74) is 9.38. The SMILES string of the molecule is C#Cc1ccc(CC2CCC(C(C(=O)CCc3ccccc3)c3ccc(C4=CC(C)C=C4)cc3)CC2)cc1C1CC(C)(CC)C1. The van der Waals surface area contributed by atoms with Gasteiger partial charge in [-0.25, -0.2) is 0 Å². The molecule has 0 amide bonds. The highest BCUT2D eigenvalue weighted by atomic mass is 16.1. The molecule has 3 aromatic rings. The second-order valence-corrected chi connectivity index (χ2v) is 14.7. The van der Waals surface area contributed by atoms with Crippen LogP contribution < -0.4 is 0 Å².